The molecule has 0 aliphatic carbocycles. The maximum absolute atomic E-state index is 12.3. The summed E-state index contributed by atoms with van der Waals surface area (Å²) in [6, 6.07) is 21.2. The van der Waals surface area contributed by atoms with Crippen molar-refractivity contribution in [1.82, 2.24) is 5.32 Å². The molecule has 0 heterocycles. The van der Waals surface area contributed by atoms with E-state index >= 15 is 0 Å². The molecule has 0 aliphatic heterocycles. The second-order valence-corrected chi connectivity index (χ2v) is 7.36. The molecule has 0 aromatic heterocycles. The first kappa shape index (κ1) is 22.3. The lowest BCUT2D eigenvalue weighted by Gasteiger charge is -2.11. The molecule has 6 nitrogen and oxygen atoms in total. The van der Waals surface area contributed by atoms with E-state index in [-0.39, 0.29) is 11.0 Å². The van der Waals surface area contributed by atoms with Crippen LogP contribution in [0.1, 0.15) is 15.9 Å². The van der Waals surface area contributed by atoms with Crippen LogP contribution in [0.2, 0.25) is 5.02 Å². The van der Waals surface area contributed by atoms with Crippen molar-refractivity contribution in [3.05, 3.63) is 88.9 Å². The van der Waals surface area contributed by atoms with Crippen molar-refractivity contribution in [3.63, 3.8) is 0 Å². The zero-order chi connectivity index (χ0) is 22.2. The Hall–Kier alpha value is -3.42. The Morgan fingerprint density at radius 3 is 2.19 bits per heavy atom. The van der Waals surface area contributed by atoms with Gasteiger partial charge in [-0.15, -0.1) is 0 Å². The third-order valence-electron chi connectivity index (χ3n) is 4.28. The van der Waals surface area contributed by atoms with Crippen LogP contribution >= 0.6 is 23.8 Å². The Morgan fingerprint density at radius 2 is 1.58 bits per heavy atom. The standard InChI is InChI=1S/C23H20ClN3O3S/c1-30-20-12-7-16(14-19(20)24)22(29)27-23(31)26-18-10-8-17(9-11-18)25-21(28)13-15-5-3-2-4-6-15/h2-12,14H,13H2,1H3,(H,25,28)(H2,26,27,29,31). The fourth-order valence-electron chi connectivity index (χ4n) is 2.77. The highest BCUT2D eigenvalue weighted by atomic mass is 35.5. The molecule has 0 radical (unpaired) electrons. The van der Waals surface area contributed by atoms with Crippen LogP contribution in [0.3, 0.4) is 0 Å². The lowest BCUT2D eigenvalue weighted by Crippen LogP contribution is -2.34. The molecule has 3 N–H and O–H groups in total. The maximum Gasteiger partial charge on any atom is 0.257 e. The molecule has 0 aliphatic rings. The average molecular weight is 454 g/mol. The summed E-state index contributed by atoms with van der Waals surface area (Å²) in [4.78, 5) is 24.5. The second kappa shape index (κ2) is 10.6. The number of benzene rings is 3. The molecule has 0 spiro atoms. The quantitative estimate of drug-likeness (QED) is 0.473. The molecule has 0 atom stereocenters. The van der Waals surface area contributed by atoms with Crippen LogP contribution in [-0.2, 0) is 11.2 Å². The summed E-state index contributed by atoms with van der Waals surface area (Å²) in [6.07, 6.45) is 0.298. The Morgan fingerprint density at radius 1 is 0.935 bits per heavy atom. The minimum absolute atomic E-state index is 0.104. The van der Waals surface area contributed by atoms with Gasteiger partial charge >= 0.3 is 0 Å². The molecule has 3 rings (SSSR count). The van der Waals surface area contributed by atoms with E-state index in [1.807, 2.05) is 30.3 Å². The van der Waals surface area contributed by atoms with Gasteiger partial charge in [0.05, 0.1) is 18.6 Å². The average Bonchev–Trinajstić information content (AvgIpc) is 2.75. The lowest BCUT2D eigenvalue weighted by atomic mass is 10.1. The normalized spacial score (nSPS) is 10.1. The first-order chi connectivity index (χ1) is 14.9. The van der Waals surface area contributed by atoms with E-state index in [1.54, 1.807) is 36.4 Å². The molecule has 0 bridgehead atoms. The number of hydrogen-bond donors (Lipinski definition) is 3. The summed E-state index contributed by atoms with van der Waals surface area (Å²) in [5.41, 5.74) is 2.62. The zero-order valence-electron chi connectivity index (χ0n) is 16.6. The van der Waals surface area contributed by atoms with Crippen LogP contribution in [0, 0.1) is 0 Å². The van der Waals surface area contributed by atoms with E-state index in [0.717, 1.165) is 5.56 Å². The third kappa shape index (κ3) is 6.53. The monoisotopic (exact) mass is 453 g/mol. The van der Waals surface area contributed by atoms with Gasteiger partial charge in [0.15, 0.2) is 5.11 Å². The number of ether oxygens (including phenoxy) is 1. The molecule has 2 amide bonds. The van der Waals surface area contributed by atoms with Crippen molar-refractivity contribution in [2.24, 2.45) is 0 Å². The smallest absolute Gasteiger partial charge is 0.257 e. The molecule has 8 heteroatoms. The molecular formula is C23H20ClN3O3S. The molecule has 0 saturated heterocycles. The van der Waals surface area contributed by atoms with Crippen molar-refractivity contribution in [3.8, 4) is 5.75 Å². The Bertz CT molecular complexity index is 1090. The zero-order valence-corrected chi connectivity index (χ0v) is 18.2. The van der Waals surface area contributed by atoms with Crippen molar-refractivity contribution in [2.45, 2.75) is 6.42 Å². The number of halogens is 1. The summed E-state index contributed by atoms with van der Waals surface area (Å²) in [5, 5.41) is 8.84. The fraction of sp³-hybridized carbons (Fsp3) is 0.0870. The van der Waals surface area contributed by atoms with E-state index in [2.05, 4.69) is 16.0 Å². The summed E-state index contributed by atoms with van der Waals surface area (Å²) in [6.45, 7) is 0. The number of thiocarbonyl (C=S) groups is 1. The van der Waals surface area contributed by atoms with Crippen LogP contribution < -0.4 is 20.7 Å². The lowest BCUT2D eigenvalue weighted by molar-refractivity contribution is -0.115. The van der Waals surface area contributed by atoms with Gasteiger partial charge in [-0.25, -0.2) is 0 Å². The van der Waals surface area contributed by atoms with Crippen molar-refractivity contribution < 1.29 is 14.3 Å². The summed E-state index contributed by atoms with van der Waals surface area (Å²) < 4.78 is 5.08. The SMILES string of the molecule is COc1ccc(C(=O)NC(=S)Nc2ccc(NC(=O)Cc3ccccc3)cc2)cc1Cl. The predicted octanol–water partition coefficient (Wildman–Crippen LogP) is 4.66. The van der Waals surface area contributed by atoms with Crippen molar-refractivity contribution in [2.75, 3.05) is 17.7 Å². The second-order valence-electron chi connectivity index (χ2n) is 6.55. The number of anilines is 2. The highest BCUT2D eigenvalue weighted by Gasteiger charge is 2.11. The van der Waals surface area contributed by atoms with Crippen LogP contribution in [0.15, 0.2) is 72.8 Å². The third-order valence-corrected chi connectivity index (χ3v) is 4.77. The molecule has 0 saturated carbocycles. The number of methoxy groups -OCH3 is 1. The van der Waals surface area contributed by atoms with Crippen molar-refractivity contribution in [1.29, 1.82) is 0 Å². The number of rotatable bonds is 6. The fourth-order valence-corrected chi connectivity index (χ4v) is 3.24. The van der Waals surface area contributed by atoms with Crippen LogP contribution in [-0.4, -0.2) is 24.0 Å². The van der Waals surface area contributed by atoms with Gasteiger partial charge in [-0.1, -0.05) is 41.9 Å². The minimum atomic E-state index is -0.396. The maximum atomic E-state index is 12.3. The number of hydrogen-bond acceptors (Lipinski definition) is 4. The Kier molecular flexibility index (Phi) is 7.59. The van der Waals surface area contributed by atoms with Gasteiger partial charge in [0.2, 0.25) is 5.91 Å². The summed E-state index contributed by atoms with van der Waals surface area (Å²) in [5.74, 6) is -0.0189. The highest BCUT2D eigenvalue weighted by Crippen LogP contribution is 2.24. The first-order valence-corrected chi connectivity index (χ1v) is 10.1. The van der Waals surface area contributed by atoms with Gasteiger partial charge in [-0.05, 0) is 60.2 Å². The summed E-state index contributed by atoms with van der Waals surface area (Å²) >= 11 is 11.3. The Balaban J connectivity index is 1.52. The number of amides is 2. The van der Waals surface area contributed by atoms with E-state index in [1.165, 1.54) is 13.2 Å². The minimum Gasteiger partial charge on any atom is -0.495 e. The highest BCUT2D eigenvalue weighted by molar-refractivity contribution is 7.80. The van der Waals surface area contributed by atoms with Crippen LogP contribution in [0.4, 0.5) is 11.4 Å². The van der Waals surface area contributed by atoms with E-state index in [9.17, 15) is 9.59 Å². The largest absolute Gasteiger partial charge is 0.495 e. The molecule has 3 aromatic carbocycles. The molecule has 3 aromatic rings. The van der Waals surface area contributed by atoms with E-state index in [0.29, 0.717) is 34.1 Å². The van der Waals surface area contributed by atoms with Gasteiger partial charge in [-0.2, -0.15) is 0 Å². The number of carbonyl (C=O) groups excluding carboxylic acids is 2. The summed E-state index contributed by atoms with van der Waals surface area (Å²) in [7, 11) is 1.50. The number of nitrogens with one attached hydrogen (secondary N) is 3. The molecule has 158 valence electrons. The van der Waals surface area contributed by atoms with Crippen LogP contribution in [0.25, 0.3) is 0 Å². The molecule has 31 heavy (non-hydrogen) atoms. The predicted molar refractivity (Wildman–Crippen MR) is 127 cm³/mol. The van der Waals surface area contributed by atoms with Gasteiger partial charge in [-0.3, -0.25) is 14.9 Å². The van der Waals surface area contributed by atoms with E-state index < -0.39 is 5.91 Å². The van der Waals surface area contributed by atoms with Gasteiger partial charge in [0, 0.05) is 16.9 Å². The Labute approximate surface area is 190 Å². The van der Waals surface area contributed by atoms with Crippen LogP contribution in [0.5, 0.6) is 5.75 Å². The van der Waals surface area contributed by atoms with Gasteiger partial charge in [0.1, 0.15) is 5.75 Å². The topological polar surface area (TPSA) is 79.5 Å². The van der Waals surface area contributed by atoms with E-state index in [4.69, 9.17) is 28.6 Å². The molecule has 0 fully saturated rings. The molecule has 0 unspecified atom stereocenters. The van der Waals surface area contributed by atoms with Crippen molar-refractivity contribution >= 4 is 52.1 Å². The number of carbonyl (C=O) groups is 2. The first-order valence-electron chi connectivity index (χ1n) is 9.34. The molecular weight excluding hydrogens is 434 g/mol. The van der Waals surface area contributed by atoms with Gasteiger partial charge < -0.3 is 15.4 Å². The van der Waals surface area contributed by atoms with Gasteiger partial charge in [0.25, 0.3) is 5.91 Å².